The van der Waals surface area contributed by atoms with E-state index >= 15 is 0 Å². The van der Waals surface area contributed by atoms with Gasteiger partial charge < -0.3 is 5.32 Å². The first-order valence-electron chi connectivity index (χ1n) is 7.65. The lowest BCUT2D eigenvalue weighted by atomic mass is 10.0. The standard InChI is InChI=1S/C17H15FN4OS/c1-22-13-5-6-14-16(12(13)9-19-22)21-17(24-14)20-15(23)8-10-3-2-4-11(18)7-10/h2-4,7,9H,5-6,8H2,1H3,(H,20,21,23). The number of amides is 1. The minimum absolute atomic E-state index is 0.125. The Morgan fingerprint density at radius 3 is 3.12 bits per heavy atom. The van der Waals surface area contributed by atoms with Crippen LogP contribution in [0.25, 0.3) is 11.3 Å². The molecule has 1 amide bonds. The molecule has 2 aromatic heterocycles. The van der Waals surface area contributed by atoms with Gasteiger partial charge in [0, 0.05) is 23.2 Å². The maximum atomic E-state index is 13.2. The number of carbonyl (C=O) groups excluding carboxylic acids is 1. The molecule has 5 nitrogen and oxygen atoms in total. The van der Waals surface area contributed by atoms with Crippen molar-refractivity contribution < 1.29 is 9.18 Å². The first kappa shape index (κ1) is 15.0. The van der Waals surface area contributed by atoms with Gasteiger partial charge in [0.05, 0.1) is 18.3 Å². The summed E-state index contributed by atoms with van der Waals surface area (Å²) in [6, 6.07) is 6.07. The van der Waals surface area contributed by atoms with Crippen molar-refractivity contribution >= 4 is 22.4 Å². The van der Waals surface area contributed by atoms with E-state index in [0.29, 0.717) is 10.7 Å². The van der Waals surface area contributed by atoms with Gasteiger partial charge in [0.2, 0.25) is 5.91 Å². The minimum Gasteiger partial charge on any atom is -0.302 e. The second kappa shape index (κ2) is 5.83. The normalized spacial score (nSPS) is 12.6. The Bertz CT molecular complexity index is 931. The third-order valence-corrected chi connectivity index (χ3v) is 5.13. The van der Waals surface area contributed by atoms with E-state index in [1.165, 1.54) is 29.2 Å². The van der Waals surface area contributed by atoms with Crippen molar-refractivity contribution in [2.24, 2.45) is 7.05 Å². The van der Waals surface area contributed by atoms with E-state index in [9.17, 15) is 9.18 Å². The van der Waals surface area contributed by atoms with Crippen molar-refractivity contribution in [3.8, 4) is 11.3 Å². The van der Waals surface area contributed by atoms with E-state index in [4.69, 9.17) is 0 Å². The molecule has 24 heavy (non-hydrogen) atoms. The van der Waals surface area contributed by atoms with Gasteiger partial charge in [-0.05, 0) is 30.5 Å². The third-order valence-electron chi connectivity index (χ3n) is 4.10. The molecule has 0 radical (unpaired) electrons. The molecule has 0 fully saturated rings. The highest BCUT2D eigenvalue weighted by molar-refractivity contribution is 7.16. The molecule has 122 valence electrons. The molecule has 0 saturated heterocycles. The minimum atomic E-state index is -0.339. The molecule has 0 atom stereocenters. The molecule has 4 rings (SSSR count). The predicted molar refractivity (Wildman–Crippen MR) is 90.5 cm³/mol. The SMILES string of the molecule is Cn1ncc2c1CCc1sc(NC(=O)Cc3cccc(F)c3)nc1-2. The number of benzene rings is 1. The van der Waals surface area contributed by atoms with Crippen LogP contribution in [0.5, 0.6) is 0 Å². The predicted octanol–water partition coefficient (Wildman–Crippen LogP) is 2.96. The van der Waals surface area contributed by atoms with Gasteiger partial charge >= 0.3 is 0 Å². The maximum Gasteiger partial charge on any atom is 0.230 e. The van der Waals surface area contributed by atoms with E-state index < -0.39 is 0 Å². The molecule has 1 aromatic carbocycles. The largest absolute Gasteiger partial charge is 0.302 e. The number of fused-ring (bicyclic) bond motifs is 3. The number of aryl methyl sites for hydroxylation is 2. The van der Waals surface area contributed by atoms with Gasteiger partial charge in [-0.3, -0.25) is 9.48 Å². The van der Waals surface area contributed by atoms with Crippen LogP contribution in [-0.4, -0.2) is 20.7 Å². The zero-order valence-electron chi connectivity index (χ0n) is 13.0. The van der Waals surface area contributed by atoms with Gasteiger partial charge in [0.15, 0.2) is 5.13 Å². The quantitative estimate of drug-likeness (QED) is 0.796. The molecule has 3 aromatic rings. The summed E-state index contributed by atoms with van der Waals surface area (Å²) in [5.74, 6) is -0.535. The molecule has 0 saturated carbocycles. The molecule has 0 unspecified atom stereocenters. The summed E-state index contributed by atoms with van der Waals surface area (Å²) < 4.78 is 15.1. The second-order valence-electron chi connectivity index (χ2n) is 5.77. The highest BCUT2D eigenvalue weighted by Gasteiger charge is 2.24. The van der Waals surface area contributed by atoms with Crippen LogP contribution in [-0.2, 0) is 31.1 Å². The lowest BCUT2D eigenvalue weighted by molar-refractivity contribution is -0.115. The summed E-state index contributed by atoms with van der Waals surface area (Å²) in [6.07, 6.45) is 3.78. The first-order valence-corrected chi connectivity index (χ1v) is 8.47. The average Bonchev–Trinajstić information content (AvgIpc) is 3.10. The number of hydrogen-bond acceptors (Lipinski definition) is 4. The van der Waals surface area contributed by atoms with Crippen LogP contribution in [0.15, 0.2) is 30.5 Å². The van der Waals surface area contributed by atoms with Crippen molar-refractivity contribution in [1.82, 2.24) is 14.8 Å². The number of anilines is 1. The molecule has 1 N–H and O–H groups in total. The van der Waals surface area contributed by atoms with Crippen LogP contribution in [0.1, 0.15) is 16.1 Å². The summed E-state index contributed by atoms with van der Waals surface area (Å²) in [5.41, 5.74) is 3.77. The van der Waals surface area contributed by atoms with E-state index in [0.717, 1.165) is 29.0 Å². The summed E-state index contributed by atoms with van der Waals surface area (Å²) in [7, 11) is 1.93. The summed E-state index contributed by atoms with van der Waals surface area (Å²) in [5, 5.41) is 7.69. The van der Waals surface area contributed by atoms with Gasteiger partial charge in [0.1, 0.15) is 5.82 Å². The third kappa shape index (κ3) is 2.71. The molecule has 7 heteroatoms. The van der Waals surface area contributed by atoms with Gasteiger partial charge in [0.25, 0.3) is 0 Å². The first-order chi connectivity index (χ1) is 11.6. The van der Waals surface area contributed by atoms with Crippen molar-refractivity contribution in [2.75, 3.05) is 5.32 Å². The van der Waals surface area contributed by atoms with E-state index in [-0.39, 0.29) is 18.1 Å². The smallest absolute Gasteiger partial charge is 0.230 e. The fourth-order valence-corrected chi connectivity index (χ4v) is 3.96. The topological polar surface area (TPSA) is 59.8 Å². The van der Waals surface area contributed by atoms with Gasteiger partial charge in [-0.15, -0.1) is 11.3 Å². The average molecular weight is 342 g/mol. The highest BCUT2D eigenvalue weighted by Crippen LogP contribution is 2.37. The van der Waals surface area contributed by atoms with Gasteiger partial charge in [-0.25, -0.2) is 9.37 Å². The lowest BCUT2D eigenvalue weighted by Crippen LogP contribution is -2.14. The Morgan fingerprint density at radius 1 is 1.42 bits per heavy atom. The second-order valence-corrected chi connectivity index (χ2v) is 6.86. The molecule has 1 aliphatic carbocycles. The summed E-state index contributed by atoms with van der Waals surface area (Å²) in [6.45, 7) is 0. The highest BCUT2D eigenvalue weighted by atomic mass is 32.1. The van der Waals surface area contributed by atoms with Crippen LogP contribution in [0, 0.1) is 5.82 Å². The fourth-order valence-electron chi connectivity index (χ4n) is 2.97. The van der Waals surface area contributed by atoms with Crippen LogP contribution in [0.2, 0.25) is 0 Å². The van der Waals surface area contributed by atoms with E-state index in [2.05, 4.69) is 15.4 Å². The van der Waals surface area contributed by atoms with Crippen LogP contribution in [0.4, 0.5) is 9.52 Å². The Balaban J connectivity index is 1.53. The number of aromatic nitrogens is 3. The number of halogens is 1. The van der Waals surface area contributed by atoms with Crippen molar-refractivity contribution in [3.63, 3.8) is 0 Å². The zero-order valence-corrected chi connectivity index (χ0v) is 13.9. The van der Waals surface area contributed by atoms with Crippen molar-refractivity contribution in [3.05, 3.63) is 52.4 Å². The van der Waals surface area contributed by atoms with Crippen LogP contribution in [0.3, 0.4) is 0 Å². The molecule has 0 aliphatic heterocycles. The van der Waals surface area contributed by atoms with Crippen molar-refractivity contribution in [2.45, 2.75) is 19.3 Å². The zero-order chi connectivity index (χ0) is 16.7. The number of rotatable bonds is 3. The number of hydrogen-bond donors (Lipinski definition) is 1. The van der Waals surface area contributed by atoms with Gasteiger partial charge in [-0.1, -0.05) is 12.1 Å². The van der Waals surface area contributed by atoms with Crippen LogP contribution >= 0.6 is 11.3 Å². The number of carbonyl (C=O) groups is 1. The Labute approximate surface area is 142 Å². The van der Waals surface area contributed by atoms with Gasteiger partial charge in [-0.2, -0.15) is 5.10 Å². The Kier molecular flexibility index (Phi) is 3.65. The fraction of sp³-hybridized carbons (Fsp3) is 0.235. The summed E-state index contributed by atoms with van der Waals surface area (Å²) in [4.78, 5) is 17.9. The number of thiazole rings is 1. The van der Waals surface area contributed by atoms with E-state index in [1.54, 1.807) is 12.1 Å². The van der Waals surface area contributed by atoms with Crippen LogP contribution < -0.4 is 5.32 Å². The molecule has 0 spiro atoms. The molecular formula is C17H15FN4OS. The van der Waals surface area contributed by atoms with E-state index in [1.807, 2.05) is 17.9 Å². The monoisotopic (exact) mass is 342 g/mol. The molecular weight excluding hydrogens is 327 g/mol. The van der Waals surface area contributed by atoms with Crippen molar-refractivity contribution in [1.29, 1.82) is 0 Å². The maximum absolute atomic E-state index is 13.2. The lowest BCUT2D eigenvalue weighted by Gasteiger charge is -2.10. The summed E-state index contributed by atoms with van der Waals surface area (Å²) >= 11 is 1.50. The number of nitrogens with zero attached hydrogens (tertiary/aromatic N) is 3. The Morgan fingerprint density at radius 2 is 2.29 bits per heavy atom. The Hall–Kier alpha value is -2.54. The molecule has 2 heterocycles. The molecule has 0 bridgehead atoms. The molecule has 1 aliphatic rings. The number of nitrogens with one attached hydrogen (secondary N) is 1.